The molecule has 0 amide bonds. The van der Waals surface area contributed by atoms with E-state index in [0.717, 1.165) is 36.0 Å². The van der Waals surface area contributed by atoms with E-state index in [4.69, 9.17) is 0 Å². The highest BCUT2D eigenvalue weighted by Gasteiger charge is 2.23. The van der Waals surface area contributed by atoms with Crippen LogP contribution < -0.4 is 0 Å². The van der Waals surface area contributed by atoms with E-state index in [1.54, 1.807) is 18.2 Å². The summed E-state index contributed by atoms with van der Waals surface area (Å²) in [5, 5.41) is 0.977. The molecule has 0 spiro atoms. The Morgan fingerprint density at radius 3 is 2.60 bits per heavy atom. The second-order valence-electron chi connectivity index (χ2n) is 6.74. The van der Waals surface area contributed by atoms with Crippen molar-refractivity contribution in [3.8, 4) is 0 Å². The number of aromatic nitrogens is 1. The highest BCUT2D eigenvalue weighted by molar-refractivity contribution is 5.90. The van der Waals surface area contributed by atoms with Gasteiger partial charge in [0.15, 0.2) is 0 Å². The van der Waals surface area contributed by atoms with E-state index in [0.29, 0.717) is 5.52 Å². The Morgan fingerprint density at radius 2 is 1.84 bits per heavy atom. The molecule has 4 heteroatoms. The van der Waals surface area contributed by atoms with Crippen molar-refractivity contribution in [3.63, 3.8) is 0 Å². The summed E-state index contributed by atoms with van der Waals surface area (Å²) in [6, 6.07) is 11.7. The van der Waals surface area contributed by atoms with Crippen LogP contribution in [0.4, 0.5) is 8.78 Å². The van der Waals surface area contributed by atoms with Crippen molar-refractivity contribution in [1.82, 2.24) is 9.47 Å². The lowest BCUT2D eigenvalue weighted by molar-refractivity contribution is 0.312. The van der Waals surface area contributed by atoms with Crippen LogP contribution in [0, 0.1) is 11.6 Å². The molecule has 2 nitrogen and oxygen atoms in total. The van der Waals surface area contributed by atoms with Crippen molar-refractivity contribution in [1.29, 1.82) is 0 Å². The molecule has 0 atom stereocenters. The van der Waals surface area contributed by atoms with Crippen molar-refractivity contribution >= 4 is 22.7 Å². The first-order valence-corrected chi connectivity index (χ1v) is 8.47. The van der Waals surface area contributed by atoms with Gasteiger partial charge >= 0.3 is 0 Å². The fourth-order valence-electron chi connectivity index (χ4n) is 3.66. The van der Waals surface area contributed by atoms with Gasteiger partial charge in [-0.25, -0.2) is 8.78 Å². The molecule has 4 rings (SSSR count). The van der Waals surface area contributed by atoms with Crippen molar-refractivity contribution < 1.29 is 8.78 Å². The zero-order valence-electron chi connectivity index (χ0n) is 14.4. The molecule has 2 heterocycles. The lowest BCUT2D eigenvalue weighted by Gasteiger charge is -2.23. The summed E-state index contributed by atoms with van der Waals surface area (Å²) < 4.78 is 29.8. The summed E-state index contributed by atoms with van der Waals surface area (Å²) in [4.78, 5) is 2.26. The van der Waals surface area contributed by atoms with E-state index in [9.17, 15) is 8.78 Å². The molecule has 0 radical (unpaired) electrons. The van der Waals surface area contributed by atoms with Gasteiger partial charge in [0.05, 0.1) is 5.52 Å². The van der Waals surface area contributed by atoms with Gasteiger partial charge in [0.1, 0.15) is 11.6 Å². The Morgan fingerprint density at radius 1 is 1.08 bits per heavy atom. The van der Waals surface area contributed by atoms with Gasteiger partial charge in [-0.1, -0.05) is 24.3 Å². The SMILES string of the molecule is C/C(=C\n1c2c(c3cccc(F)c31)CN(C)CC2)c1ccc(F)cc1. The first kappa shape index (κ1) is 16.0. The third-order valence-electron chi connectivity index (χ3n) is 4.97. The van der Waals surface area contributed by atoms with Crippen LogP contribution in [-0.4, -0.2) is 23.1 Å². The van der Waals surface area contributed by atoms with Crippen molar-refractivity contribution in [2.75, 3.05) is 13.6 Å². The molecule has 0 saturated carbocycles. The Bertz CT molecular complexity index is 968. The molecule has 2 aromatic carbocycles. The standard InChI is InChI=1S/C21H20F2N2/c1-14(15-6-8-16(22)9-7-15)12-25-20-10-11-24(2)13-18(20)17-4-3-5-19(23)21(17)25/h3-9,12H,10-11,13H2,1-2H3/b14-12+. The van der Waals surface area contributed by atoms with Crippen LogP contribution >= 0.6 is 0 Å². The summed E-state index contributed by atoms with van der Waals surface area (Å²) in [6.07, 6.45) is 2.86. The average Bonchev–Trinajstić information content (AvgIpc) is 2.90. The smallest absolute Gasteiger partial charge is 0.147 e. The maximum atomic E-state index is 14.6. The molecule has 3 aromatic rings. The highest BCUT2D eigenvalue weighted by Crippen LogP contribution is 2.33. The summed E-state index contributed by atoms with van der Waals surface area (Å²) in [7, 11) is 2.09. The number of hydrogen-bond acceptors (Lipinski definition) is 1. The minimum atomic E-state index is -0.255. The van der Waals surface area contributed by atoms with Gasteiger partial charge in [-0.05, 0) is 48.9 Å². The fraction of sp³-hybridized carbons (Fsp3) is 0.238. The third kappa shape index (κ3) is 2.76. The van der Waals surface area contributed by atoms with E-state index >= 15 is 0 Å². The quantitative estimate of drug-likeness (QED) is 0.643. The van der Waals surface area contributed by atoms with Gasteiger partial charge in [-0.3, -0.25) is 0 Å². The van der Waals surface area contributed by atoms with Crippen LogP contribution in [0.25, 0.3) is 22.7 Å². The van der Waals surface area contributed by atoms with Gasteiger partial charge in [0, 0.05) is 36.8 Å². The third-order valence-corrected chi connectivity index (χ3v) is 4.97. The van der Waals surface area contributed by atoms with E-state index in [1.807, 2.05) is 23.8 Å². The minimum absolute atomic E-state index is 0.210. The molecular weight excluding hydrogens is 318 g/mol. The van der Waals surface area contributed by atoms with Gasteiger partial charge < -0.3 is 9.47 Å². The Balaban J connectivity index is 1.92. The molecule has 1 aliphatic heterocycles. The number of halogens is 2. The van der Waals surface area contributed by atoms with Crippen LogP contribution in [0.2, 0.25) is 0 Å². The van der Waals surface area contributed by atoms with Gasteiger partial charge in [0.2, 0.25) is 0 Å². The maximum Gasteiger partial charge on any atom is 0.147 e. The van der Waals surface area contributed by atoms with E-state index in [-0.39, 0.29) is 11.6 Å². The normalized spacial score (nSPS) is 15.6. The average molecular weight is 338 g/mol. The molecule has 0 N–H and O–H groups in total. The summed E-state index contributed by atoms with van der Waals surface area (Å²) >= 11 is 0. The zero-order chi connectivity index (χ0) is 17.6. The fourth-order valence-corrected chi connectivity index (χ4v) is 3.66. The largest absolute Gasteiger partial charge is 0.317 e. The number of para-hydroxylation sites is 1. The van der Waals surface area contributed by atoms with E-state index < -0.39 is 0 Å². The molecule has 0 aliphatic carbocycles. The number of fused-ring (bicyclic) bond motifs is 3. The number of benzene rings is 2. The molecular formula is C21H20F2N2. The Kier molecular flexibility index (Phi) is 3.92. The molecule has 128 valence electrons. The summed E-state index contributed by atoms with van der Waals surface area (Å²) in [5.41, 5.74) is 4.90. The minimum Gasteiger partial charge on any atom is -0.317 e. The molecule has 0 bridgehead atoms. The second kappa shape index (κ2) is 6.12. The van der Waals surface area contributed by atoms with Crippen molar-refractivity contribution in [3.05, 3.63) is 70.9 Å². The number of likely N-dealkylation sites (N-methyl/N-ethyl adjacent to an activating group) is 1. The predicted octanol–water partition coefficient (Wildman–Crippen LogP) is 4.93. The van der Waals surface area contributed by atoms with Crippen LogP contribution in [0.5, 0.6) is 0 Å². The molecule has 0 saturated heterocycles. The van der Waals surface area contributed by atoms with E-state index in [1.165, 1.54) is 29.5 Å². The predicted molar refractivity (Wildman–Crippen MR) is 98.2 cm³/mol. The van der Waals surface area contributed by atoms with Crippen LogP contribution in [0.3, 0.4) is 0 Å². The molecule has 0 fully saturated rings. The van der Waals surface area contributed by atoms with Gasteiger partial charge in [0.25, 0.3) is 0 Å². The molecule has 1 aliphatic rings. The van der Waals surface area contributed by atoms with Crippen molar-refractivity contribution in [2.45, 2.75) is 19.9 Å². The number of hydrogen-bond donors (Lipinski definition) is 0. The maximum absolute atomic E-state index is 14.6. The molecule has 0 unspecified atom stereocenters. The van der Waals surface area contributed by atoms with Crippen LogP contribution in [0.1, 0.15) is 23.7 Å². The molecule has 25 heavy (non-hydrogen) atoms. The van der Waals surface area contributed by atoms with Crippen LogP contribution in [-0.2, 0) is 13.0 Å². The second-order valence-corrected chi connectivity index (χ2v) is 6.74. The van der Waals surface area contributed by atoms with E-state index in [2.05, 4.69) is 11.9 Å². The lowest BCUT2D eigenvalue weighted by Crippen LogP contribution is -2.26. The number of rotatable bonds is 2. The van der Waals surface area contributed by atoms with Gasteiger partial charge in [-0.2, -0.15) is 0 Å². The lowest BCUT2D eigenvalue weighted by atomic mass is 10.0. The number of allylic oxidation sites excluding steroid dienone is 1. The zero-order valence-corrected chi connectivity index (χ0v) is 14.4. The van der Waals surface area contributed by atoms with Crippen molar-refractivity contribution in [2.24, 2.45) is 0 Å². The van der Waals surface area contributed by atoms with Crippen LogP contribution in [0.15, 0.2) is 42.5 Å². The van der Waals surface area contributed by atoms with Gasteiger partial charge in [-0.15, -0.1) is 0 Å². The summed E-state index contributed by atoms with van der Waals surface area (Å²) in [5.74, 6) is -0.466. The first-order valence-electron chi connectivity index (χ1n) is 8.47. The first-order chi connectivity index (χ1) is 12.0. The monoisotopic (exact) mass is 338 g/mol. The summed E-state index contributed by atoms with van der Waals surface area (Å²) in [6.45, 7) is 3.75. The molecule has 1 aromatic heterocycles. The number of nitrogens with zero attached hydrogens (tertiary/aromatic N) is 2. The Hall–Kier alpha value is -2.46. The Labute approximate surface area is 146 Å². The highest BCUT2D eigenvalue weighted by atomic mass is 19.1. The topological polar surface area (TPSA) is 8.17 Å².